The van der Waals surface area contributed by atoms with Gasteiger partial charge in [-0.1, -0.05) is 181 Å². The Labute approximate surface area is 354 Å². The van der Waals surface area contributed by atoms with Crippen molar-refractivity contribution < 1.29 is 28.6 Å². The van der Waals surface area contributed by atoms with Gasteiger partial charge >= 0.3 is 17.9 Å². The third-order valence-electron chi connectivity index (χ3n) is 8.85. The highest BCUT2D eigenvalue weighted by molar-refractivity contribution is 5.71. The molecule has 0 N–H and O–H groups in total. The highest BCUT2D eigenvalue weighted by Gasteiger charge is 2.19. The standard InChI is InChI=1S/C52H80O6/c1-4-7-10-13-16-19-21-23-25-26-27-29-30-33-36-39-42-45-51(54)57-48-49(47-56-50(53)44-41-38-35-32-18-15-12-9-6-3)58-52(55)46-43-40-37-34-31-28-24-22-20-17-14-11-8-5-2/h7-13,16-21,23,25-27,29-30,32,49H,4-6,14-15,22,24,28,31,33-48H2,1-3H3/b10-7-,11-8-,12-9-,16-13-,20-17-,21-19-,25-23-,27-26+,30-29-,32-18-. The molecule has 0 radical (unpaired) electrons. The number of allylic oxidation sites excluding steroid dienone is 20. The zero-order chi connectivity index (χ0) is 42.3. The van der Waals surface area contributed by atoms with Crippen molar-refractivity contribution in [2.24, 2.45) is 0 Å². The summed E-state index contributed by atoms with van der Waals surface area (Å²) in [5, 5.41) is 0. The second-order valence-corrected chi connectivity index (χ2v) is 14.3. The minimum absolute atomic E-state index is 0.117. The molecule has 0 aromatic carbocycles. The van der Waals surface area contributed by atoms with Gasteiger partial charge in [0.1, 0.15) is 13.2 Å². The highest BCUT2D eigenvalue weighted by atomic mass is 16.6. The lowest BCUT2D eigenvalue weighted by Crippen LogP contribution is -2.30. The summed E-state index contributed by atoms with van der Waals surface area (Å²) in [7, 11) is 0. The third kappa shape index (κ3) is 42.9. The lowest BCUT2D eigenvalue weighted by molar-refractivity contribution is -0.167. The predicted octanol–water partition coefficient (Wildman–Crippen LogP) is 14.6. The fourth-order valence-electron chi connectivity index (χ4n) is 5.55. The van der Waals surface area contributed by atoms with E-state index in [4.69, 9.17) is 14.2 Å². The molecule has 0 aromatic rings. The quantitative estimate of drug-likeness (QED) is 0.0203. The highest BCUT2D eigenvalue weighted by Crippen LogP contribution is 2.12. The molecule has 58 heavy (non-hydrogen) atoms. The molecule has 0 aliphatic rings. The van der Waals surface area contributed by atoms with E-state index >= 15 is 0 Å². The van der Waals surface area contributed by atoms with E-state index in [2.05, 4.69) is 81.5 Å². The van der Waals surface area contributed by atoms with Crippen molar-refractivity contribution in [3.63, 3.8) is 0 Å². The maximum atomic E-state index is 12.7. The number of hydrogen-bond donors (Lipinski definition) is 0. The predicted molar refractivity (Wildman–Crippen MR) is 246 cm³/mol. The third-order valence-corrected chi connectivity index (χ3v) is 8.85. The smallest absolute Gasteiger partial charge is 0.306 e. The normalized spacial score (nSPS) is 13.2. The molecule has 0 aliphatic carbocycles. The van der Waals surface area contributed by atoms with Gasteiger partial charge in [0.05, 0.1) is 0 Å². The molecule has 0 aromatic heterocycles. The lowest BCUT2D eigenvalue weighted by Gasteiger charge is -2.18. The maximum absolute atomic E-state index is 12.7. The van der Waals surface area contributed by atoms with Gasteiger partial charge in [-0.2, -0.15) is 0 Å². The van der Waals surface area contributed by atoms with Crippen molar-refractivity contribution in [3.05, 3.63) is 122 Å². The minimum atomic E-state index is -0.815. The van der Waals surface area contributed by atoms with E-state index in [9.17, 15) is 14.4 Å². The van der Waals surface area contributed by atoms with Gasteiger partial charge in [0, 0.05) is 19.3 Å². The average Bonchev–Trinajstić information content (AvgIpc) is 3.22. The van der Waals surface area contributed by atoms with Crippen LogP contribution in [-0.4, -0.2) is 37.2 Å². The summed E-state index contributed by atoms with van der Waals surface area (Å²) in [4.78, 5) is 37.7. The molecular weight excluding hydrogens is 721 g/mol. The van der Waals surface area contributed by atoms with E-state index < -0.39 is 6.10 Å². The molecule has 1 unspecified atom stereocenters. The zero-order valence-electron chi connectivity index (χ0n) is 36.8. The number of hydrogen-bond acceptors (Lipinski definition) is 6. The Morgan fingerprint density at radius 2 is 0.707 bits per heavy atom. The lowest BCUT2D eigenvalue weighted by atomic mass is 10.1. The van der Waals surface area contributed by atoms with Gasteiger partial charge in [0.2, 0.25) is 0 Å². The van der Waals surface area contributed by atoms with Crippen LogP contribution in [0.4, 0.5) is 0 Å². The van der Waals surface area contributed by atoms with Crippen LogP contribution in [-0.2, 0) is 28.6 Å². The van der Waals surface area contributed by atoms with Crippen LogP contribution in [0.25, 0.3) is 0 Å². The van der Waals surface area contributed by atoms with E-state index in [-0.39, 0.29) is 31.1 Å². The molecule has 0 amide bonds. The van der Waals surface area contributed by atoms with Crippen LogP contribution in [0, 0.1) is 0 Å². The summed E-state index contributed by atoms with van der Waals surface area (Å²) in [5.41, 5.74) is 0. The van der Waals surface area contributed by atoms with E-state index in [1.807, 2.05) is 60.8 Å². The average molecular weight is 801 g/mol. The first-order chi connectivity index (χ1) is 28.5. The summed E-state index contributed by atoms with van der Waals surface area (Å²) >= 11 is 0. The van der Waals surface area contributed by atoms with E-state index in [1.165, 1.54) is 25.7 Å². The summed E-state index contributed by atoms with van der Waals surface area (Å²) in [5.74, 6) is -1.02. The first kappa shape index (κ1) is 53.8. The fourth-order valence-corrected chi connectivity index (χ4v) is 5.55. The summed E-state index contributed by atoms with van der Waals surface area (Å²) in [6.07, 6.45) is 61.9. The Hall–Kier alpha value is -4.19. The molecule has 0 aliphatic heterocycles. The molecule has 0 spiro atoms. The number of rotatable bonds is 38. The SMILES string of the molecule is CC\C=C/C=C\C=C/C=C\C=C\C=C/CCCCCC(=O)OCC(COC(=O)CCCC/C=C\C/C=C\CC)OC(=O)CCCCCCCCC/C=C\C/C=C\CC. The second kappa shape index (κ2) is 45.5. The number of carbonyl (C=O) groups is 3. The van der Waals surface area contributed by atoms with Crippen LogP contribution in [0.3, 0.4) is 0 Å². The first-order valence-electron chi connectivity index (χ1n) is 22.6. The van der Waals surface area contributed by atoms with Gasteiger partial charge < -0.3 is 14.2 Å². The van der Waals surface area contributed by atoms with Gasteiger partial charge in [0.15, 0.2) is 6.10 Å². The number of ether oxygens (including phenoxy) is 3. The van der Waals surface area contributed by atoms with E-state index in [0.29, 0.717) is 19.3 Å². The number of esters is 3. The Morgan fingerprint density at radius 3 is 1.21 bits per heavy atom. The molecule has 0 fully saturated rings. The molecule has 0 saturated heterocycles. The van der Waals surface area contributed by atoms with Gasteiger partial charge in [-0.3, -0.25) is 14.4 Å². The van der Waals surface area contributed by atoms with Crippen molar-refractivity contribution in [1.82, 2.24) is 0 Å². The molecule has 0 bridgehead atoms. The van der Waals surface area contributed by atoms with Gasteiger partial charge in [-0.25, -0.2) is 0 Å². The summed E-state index contributed by atoms with van der Waals surface area (Å²) in [6.45, 7) is 6.15. The van der Waals surface area contributed by atoms with Crippen LogP contribution >= 0.6 is 0 Å². The van der Waals surface area contributed by atoms with Crippen LogP contribution in [0.1, 0.15) is 168 Å². The molecule has 0 heterocycles. The minimum Gasteiger partial charge on any atom is -0.462 e. The Balaban J connectivity index is 4.52. The second-order valence-electron chi connectivity index (χ2n) is 14.3. The summed E-state index contributed by atoms with van der Waals surface area (Å²) < 4.78 is 16.6. The van der Waals surface area contributed by atoms with Crippen molar-refractivity contribution >= 4 is 17.9 Å². The summed E-state index contributed by atoms with van der Waals surface area (Å²) in [6, 6.07) is 0. The Bertz CT molecular complexity index is 1290. The molecule has 0 saturated carbocycles. The molecule has 324 valence electrons. The Morgan fingerprint density at radius 1 is 0.362 bits per heavy atom. The monoisotopic (exact) mass is 801 g/mol. The van der Waals surface area contributed by atoms with E-state index in [1.54, 1.807) is 0 Å². The van der Waals surface area contributed by atoms with Crippen LogP contribution in [0.15, 0.2) is 122 Å². The maximum Gasteiger partial charge on any atom is 0.306 e. The van der Waals surface area contributed by atoms with Gasteiger partial charge in [-0.15, -0.1) is 0 Å². The van der Waals surface area contributed by atoms with Crippen molar-refractivity contribution in [2.75, 3.05) is 13.2 Å². The number of carbonyl (C=O) groups excluding carboxylic acids is 3. The largest absolute Gasteiger partial charge is 0.462 e. The molecule has 1 atom stereocenters. The van der Waals surface area contributed by atoms with E-state index in [0.717, 1.165) is 103 Å². The zero-order valence-corrected chi connectivity index (χ0v) is 36.8. The van der Waals surface area contributed by atoms with Gasteiger partial charge in [0.25, 0.3) is 0 Å². The van der Waals surface area contributed by atoms with Crippen LogP contribution < -0.4 is 0 Å². The Kier molecular flexibility index (Phi) is 42.2. The fraction of sp³-hybridized carbons (Fsp3) is 0.558. The van der Waals surface area contributed by atoms with Crippen LogP contribution in [0.5, 0.6) is 0 Å². The topological polar surface area (TPSA) is 78.9 Å². The van der Waals surface area contributed by atoms with Gasteiger partial charge in [-0.05, 0) is 89.9 Å². The first-order valence-corrected chi connectivity index (χ1v) is 22.6. The van der Waals surface area contributed by atoms with Crippen molar-refractivity contribution in [2.45, 2.75) is 175 Å². The van der Waals surface area contributed by atoms with Crippen molar-refractivity contribution in [3.8, 4) is 0 Å². The van der Waals surface area contributed by atoms with Crippen molar-refractivity contribution in [1.29, 1.82) is 0 Å². The van der Waals surface area contributed by atoms with Crippen LogP contribution in [0.2, 0.25) is 0 Å². The molecular formula is C52H80O6. The molecule has 6 nitrogen and oxygen atoms in total. The number of unbranched alkanes of at least 4 members (excludes halogenated alkanes) is 12. The molecule has 0 rings (SSSR count). The molecule has 6 heteroatoms.